The summed E-state index contributed by atoms with van der Waals surface area (Å²) in [5.74, 6) is -0.975. The molecule has 1 aromatic heterocycles. The number of benzene rings is 1. The Labute approximate surface area is 103 Å². The number of hydrogen-bond donors (Lipinski definition) is 3. The van der Waals surface area contributed by atoms with Gasteiger partial charge in [0.1, 0.15) is 12.3 Å². The number of methoxy groups -OCH3 is 1. The average Bonchev–Trinajstić information content (AvgIpc) is 2.79. The summed E-state index contributed by atoms with van der Waals surface area (Å²) in [6.45, 7) is -0.416. The molecule has 18 heavy (non-hydrogen) atoms. The molecule has 0 aliphatic heterocycles. The maximum Gasteiger partial charge on any atom is 0.322 e. The molecule has 0 aliphatic carbocycles. The van der Waals surface area contributed by atoms with Crippen molar-refractivity contribution in [3.05, 3.63) is 30.0 Å². The zero-order valence-electron chi connectivity index (χ0n) is 9.69. The monoisotopic (exact) mass is 248 g/mol. The number of hydrogen-bond acceptors (Lipinski definition) is 3. The van der Waals surface area contributed by atoms with Crippen LogP contribution >= 0.6 is 0 Å². The lowest BCUT2D eigenvalue weighted by atomic mass is 10.1. The van der Waals surface area contributed by atoms with E-state index in [1.54, 1.807) is 12.1 Å². The van der Waals surface area contributed by atoms with Gasteiger partial charge in [-0.1, -0.05) is 6.07 Å². The minimum Gasteiger partial charge on any atom is -0.496 e. The average molecular weight is 248 g/mol. The number of ether oxygens (including phenoxy) is 1. The van der Waals surface area contributed by atoms with Gasteiger partial charge in [-0.25, -0.2) is 0 Å². The van der Waals surface area contributed by atoms with E-state index in [-0.39, 0.29) is 0 Å². The van der Waals surface area contributed by atoms with Gasteiger partial charge in [-0.2, -0.15) is 0 Å². The molecule has 94 valence electrons. The summed E-state index contributed by atoms with van der Waals surface area (Å²) in [6, 6.07) is 5.35. The summed E-state index contributed by atoms with van der Waals surface area (Å²) in [5, 5.41) is 11.5. The van der Waals surface area contributed by atoms with Crippen molar-refractivity contribution in [1.82, 2.24) is 10.3 Å². The first-order valence-corrected chi connectivity index (χ1v) is 5.27. The molecule has 0 saturated heterocycles. The third-order valence-electron chi connectivity index (χ3n) is 2.53. The molecule has 3 N–H and O–H groups in total. The number of carbonyl (C=O) groups is 2. The van der Waals surface area contributed by atoms with Crippen LogP contribution in [0.3, 0.4) is 0 Å². The Hall–Kier alpha value is -2.50. The molecule has 1 aromatic carbocycles. The Morgan fingerprint density at radius 2 is 2.22 bits per heavy atom. The standard InChI is InChI=1S/C12H12N2O4/c1-18-9-4-2-3-8-11(9)7(5-13-8)12(17)14-6-10(15)16/h2-5,13H,6H2,1H3,(H,14,17)(H,15,16). The first kappa shape index (κ1) is 12.0. The van der Waals surface area contributed by atoms with Crippen molar-refractivity contribution in [2.45, 2.75) is 0 Å². The molecule has 0 bridgehead atoms. The van der Waals surface area contributed by atoms with E-state index < -0.39 is 18.4 Å². The molecule has 2 aromatic rings. The summed E-state index contributed by atoms with van der Waals surface area (Å²) >= 11 is 0. The van der Waals surface area contributed by atoms with Crippen molar-refractivity contribution < 1.29 is 19.4 Å². The van der Waals surface area contributed by atoms with Gasteiger partial charge in [0, 0.05) is 11.7 Å². The van der Waals surface area contributed by atoms with Crippen molar-refractivity contribution >= 4 is 22.8 Å². The molecule has 1 heterocycles. The summed E-state index contributed by atoms with van der Waals surface area (Å²) in [5.41, 5.74) is 1.12. The maximum atomic E-state index is 11.8. The SMILES string of the molecule is COc1cccc2[nH]cc(C(=O)NCC(=O)O)c12. The minimum absolute atomic E-state index is 0.365. The molecule has 0 unspecified atom stereocenters. The van der Waals surface area contributed by atoms with Crippen LogP contribution in [0.2, 0.25) is 0 Å². The lowest BCUT2D eigenvalue weighted by Crippen LogP contribution is -2.29. The number of carboxylic acids is 1. The molecule has 0 spiro atoms. The molecule has 2 rings (SSSR count). The molecule has 1 amide bonds. The summed E-state index contributed by atoms with van der Waals surface area (Å²) < 4.78 is 5.19. The topological polar surface area (TPSA) is 91.4 Å². The van der Waals surface area contributed by atoms with Crippen LogP contribution in [0.1, 0.15) is 10.4 Å². The van der Waals surface area contributed by atoms with Gasteiger partial charge in [0.05, 0.1) is 18.1 Å². The number of fused-ring (bicyclic) bond motifs is 1. The quantitative estimate of drug-likeness (QED) is 0.752. The molecule has 6 nitrogen and oxygen atoms in total. The van der Waals surface area contributed by atoms with Crippen LogP contribution in [-0.4, -0.2) is 35.6 Å². The number of aromatic amines is 1. The first-order chi connectivity index (χ1) is 8.63. The van der Waals surface area contributed by atoms with Gasteiger partial charge in [-0.15, -0.1) is 0 Å². The van der Waals surface area contributed by atoms with Crippen molar-refractivity contribution in [3.63, 3.8) is 0 Å². The van der Waals surface area contributed by atoms with Crippen LogP contribution in [0, 0.1) is 0 Å². The van der Waals surface area contributed by atoms with Gasteiger partial charge in [0.2, 0.25) is 0 Å². The molecule has 0 aliphatic rings. The van der Waals surface area contributed by atoms with E-state index in [0.29, 0.717) is 16.7 Å². The lowest BCUT2D eigenvalue weighted by Gasteiger charge is -2.04. The Bertz CT molecular complexity index is 603. The highest BCUT2D eigenvalue weighted by Crippen LogP contribution is 2.28. The molecule has 0 fully saturated rings. The van der Waals surface area contributed by atoms with Gasteiger partial charge in [0.25, 0.3) is 5.91 Å². The highest BCUT2D eigenvalue weighted by molar-refractivity contribution is 6.09. The Balaban J connectivity index is 2.39. The molecular weight excluding hydrogens is 236 g/mol. The van der Waals surface area contributed by atoms with E-state index in [0.717, 1.165) is 5.52 Å². The van der Waals surface area contributed by atoms with Crippen LogP contribution in [0.4, 0.5) is 0 Å². The fourth-order valence-corrected chi connectivity index (χ4v) is 1.75. The number of carbonyl (C=O) groups excluding carboxylic acids is 1. The van der Waals surface area contributed by atoms with Crippen LogP contribution in [0.15, 0.2) is 24.4 Å². The number of amides is 1. The van der Waals surface area contributed by atoms with Crippen LogP contribution in [0.25, 0.3) is 10.9 Å². The number of H-pyrrole nitrogens is 1. The smallest absolute Gasteiger partial charge is 0.322 e. The zero-order valence-corrected chi connectivity index (χ0v) is 9.69. The molecular formula is C12H12N2O4. The van der Waals surface area contributed by atoms with E-state index in [4.69, 9.17) is 9.84 Å². The van der Waals surface area contributed by atoms with Crippen LogP contribution < -0.4 is 10.1 Å². The Kier molecular flexibility index (Phi) is 3.18. The minimum atomic E-state index is -1.09. The molecule has 6 heteroatoms. The normalized spacial score (nSPS) is 10.3. The summed E-state index contributed by atoms with van der Waals surface area (Å²) in [7, 11) is 1.51. The Morgan fingerprint density at radius 1 is 1.44 bits per heavy atom. The highest BCUT2D eigenvalue weighted by atomic mass is 16.5. The predicted octanol–water partition coefficient (Wildman–Crippen LogP) is 0.991. The maximum absolute atomic E-state index is 11.8. The van der Waals surface area contributed by atoms with Crippen molar-refractivity contribution in [3.8, 4) is 5.75 Å². The second kappa shape index (κ2) is 4.79. The lowest BCUT2D eigenvalue weighted by molar-refractivity contribution is -0.135. The van der Waals surface area contributed by atoms with Gasteiger partial charge >= 0.3 is 5.97 Å². The third kappa shape index (κ3) is 2.13. The Morgan fingerprint density at radius 3 is 2.89 bits per heavy atom. The van der Waals surface area contributed by atoms with Crippen molar-refractivity contribution in [2.75, 3.05) is 13.7 Å². The first-order valence-electron chi connectivity index (χ1n) is 5.27. The van der Waals surface area contributed by atoms with Gasteiger partial charge < -0.3 is 20.1 Å². The number of aromatic nitrogens is 1. The van der Waals surface area contributed by atoms with Crippen LogP contribution in [0.5, 0.6) is 5.75 Å². The largest absolute Gasteiger partial charge is 0.496 e. The molecule has 0 atom stereocenters. The van der Waals surface area contributed by atoms with E-state index in [9.17, 15) is 9.59 Å². The molecule has 0 saturated carbocycles. The number of carboxylic acid groups (broad SMARTS) is 1. The van der Waals surface area contributed by atoms with E-state index in [2.05, 4.69) is 10.3 Å². The fraction of sp³-hybridized carbons (Fsp3) is 0.167. The zero-order chi connectivity index (χ0) is 13.1. The number of rotatable bonds is 4. The fourth-order valence-electron chi connectivity index (χ4n) is 1.75. The van der Waals surface area contributed by atoms with E-state index >= 15 is 0 Å². The second-order valence-electron chi connectivity index (χ2n) is 3.66. The van der Waals surface area contributed by atoms with E-state index in [1.807, 2.05) is 6.07 Å². The van der Waals surface area contributed by atoms with Crippen LogP contribution in [-0.2, 0) is 4.79 Å². The van der Waals surface area contributed by atoms with Gasteiger partial charge in [-0.3, -0.25) is 9.59 Å². The number of nitrogens with one attached hydrogen (secondary N) is 2. The number of aliphatic carboxylic acids is 1. The summed E-state index contributed by atoms with van der Waals surface area (Å²) in [4.78, 5) is 25.2. The van der Waals surface area contributed by atoms with Gasteiger partial charge in [0.15, 0.2) is 0 Å². The molecule has 0 radical (unpaired) electrons. The highest BCUT2D eigenvalue weighted by Gasteiger charge is 2.15. The van der Waals surface area contributed by atoms with Gasteiger partial charge in [-0.05, 0) is 12.1 Å². The van der Waals surface area contributed by atoms with Crippen molar-refractivity contribution in [1.29, 1.82) is 0 Å². The predicted molar refractivity (Wildman–Crippen MR) is 64.8 cm³/mol. The van der Waals surface area contributed by atoms with E-state index in [1.165, 1.54) is 13.3 Å². The third-order valence-corrected chi connectivity index (χ3v) is 2.53. The summed E-state index contributed by atoms with van der Waals surface area (Å²) in [6.07, 6.45) is 1.53. The van der Waals surface area contributed by atoms with Crippen molar-refractivity contribution in [2.24, 2.45) is 0 Å². The second-order valence-corrected chi connectivity index (χ2v) is 3.66.